The fraction of sp³-hybridized carbons (Fsp3) is 0.318. The fourth-order valence-electron chi connectivity index (χ4n) is 3.48. The third-order valence-corrected chi connectivity index (χ3v) is 4.93. The lowest BCUT2D eigenvalue weighted by Gasteiger charge is -2.25. The number of hydrogen-bond acceptors (Lipinski definition) is 5. The van der Waals surface area contributed by atoms with Gasteiger partial charge in [0, 0.05) is 0 Å². The molecule has 0 aliphatic heterocycles. The molecule has 5 nitrogen and oxygen atoms in total. The summed E-state index contributed by atoms with van der Waals surface area (Å²) in [6.45, 7) is 3.37. The monoisotopic (exact) mass is 366 g/mol. The topological polar surface area (TPSA) is 69.7 Å². The maximum absolute atomic E-state index is 12.5. The first-order chi connectivity index (χ1) is 13.0. The summed E-state index contributed by atoms with van der Waals surface area (Å²) in [7, 11) is 0. The van der Waals surface area contributed by atoms with Gasteiger partial charge in [-0.3, -0.25) is 4.79 Å². The normalized spacial score (nSPS) is 24.2. The molecule has 140 valence electrons. The van der Waals surface area contributed by atoms with Crippen molar-refractivity contribution in [3.05, 3.63) is 71.8 Å². The van der Waals surface area contributed by atoms with Crippen LogP contribution in [0.4, 0.5) is 0 Å². The number of ether oxygens (including phenoxy) is 2. The minimum absolute atomic E-state index is 0.0778. The van der Waals surface area contributed by atoms with Crippen molar-refractivity contribution >= 4 is 17.7 Å². The average molecular weight is 366 g/mol. The lowest BCUT2D eigenvalue weighted by molar-refractivity contribution is -0.125. The van der Waals surface area contributed by atoms with Crippen LogP contribution in [-0.2, 0) is 14.3 Å². The largest absolute Gasteiger partial charge is 0.455 e. The van der Waals surface area contributed by atoms with Crippen molar-refractivity contribution in [1.82, 2.24) is 0 Å². The highest BCUT2D eigenvalue weighted by Gasteiger charge is 2.48. The zero-order valence-corrected chi connectivity index (χ0v) is 15.3. The van der Waals surface area contributed by atoms with Crippen LogP contribution < -0.4 is 0 Å². The van der Waals surface area contributed by atoms with Crippen LogP contribution in [0, 0.1) is 11.8 Å². The smallest absolute Gasteiger partial charge is 0.338 e. The van der Waals surface area contributed by atoms with E-state index in [1.54, 1.807) is 54.6 Å². The third kappa shape index (κ3) is 4.25. The van der Waals surface area contributed by atoms with Gasteiger partial charge < -0.3 is 9.47 Å². The Labute approximate surface area is 158 Å². The van der Waals surface area contributed by atoms with Crippen molar-refractivity contribution in [2.75, 3.05) is 0 Å². The highest BCUT2D eigenvalue weighted by Crippen LogP contribution is 2.37. The number of benzene rings is 2. The fourth-order valence-corrected chi connectivity index (χ4v) is 3.48. The second-order valence-electron chi connectivity index (χ2n) is 6.90. The number of esters is 2. The number of rotatable bonds is 5. The standard InChI is InChI=1S/C22H22O5/c1-14-13-18(15(2)23)20(27-22(25)17-11-7-4-8-12-17)19(14)26-21(24)16-9-5-3-6-10-16/h3-12,14,18-20H,13H2,1-2H3/t14-,18-,19+,20-/m1/s1. The lowest BCUT2D eigenvalue weighted by Crippen LogP contribution is -2.38. The molecule has 0 amide bonds. The van der Waals surface area contributed by atoms with Gasteiger partial charge in [0.15, 0.2) is 0 Å². The molecule has 3 rings (SSSR count). The Bertz CT molecular complexity index is 815. The summed E-state index contributed by atoms with van der Waals surface area (Å²) in [5.41, 5.74) is 0.816. The van der Waals surface area contributed by atoms with Gasteiger partial charge in [-0.2, -0.15) is 0 Å². The molecule has 2 aromatic rings. The molecule has 0 spiro atoms. The van der Waals surface area contributed by atoms with E-state index in [1.165, 1.54) is 6.92 Å². The minimum atomic E-state index is -0.794. The zero-order chi connectivity index (χ0) is 19.4. The van der Waals surface area contributed by atoms with Gasteiger partial charge in [-0.05, 0) is 43.5 Å². The molecule has 0 radical (unpaired) electrons. The van der Waals surface area contributed by atoms with Crippen LogP contribution in [0.25, 0.3) is 0 Å². The molecule has 1 fully saturated rings. The first kappa shape index (κ1) is 18.8. The zero-order valence-electron chi connectivity index (χ0n) is 15.3. The van der Waals surface area contributed by atoms with Crippen molar-refractivity contribution in [3.63, 3.8) is 0 Å². The molecule has 0 N–H and O–H groups in total. The molecule has 27 heavy (non-hydrogen) atoms. The Morgan fingerprint density at radius 3 is 1.67 bits per heavy atom. The van der Waals surface area contributed by atoms with E-state index in [0.717, 1.165) is 0 Å². The second-order valence-corrected chi connectivity index (χ2v) is 6.90. The quantitative estimate of drug-likeness (QED) is 0.755. The van der Waals surface area contributed by atoms with Crippen molar-refractivity contribution in [2.45, 2.75) is 32.5 Å². The molecule has 2 aromatic carbocycles. The van der Waals surface area contributed by atoms with Gasteiger partial charge in [-0.15, -0.1) is 0 Å². The molecule has 0 unspecified atom stereocenters. The number of Topliss-reactive ketones (excluding diaryl/α,β-unsaturated/α-hetero) is 1. The summed E-state index contributed by atoms with van der Waals surface area (Å²) < 4.78 is 11.3. The third-order valence-electron chi connectivity index (χ3n) is 4.93. The molecule has 4 atom stereocenters. The summed E-state index contributed by atoms with van der Waals surface area (Å²) in [6, 6.07) is 17.2. The number of carbonyl (C=O) groups is 3. The summed E-state index contributed by atoms with van der Waals surface area (Å²) in [5.74, 6) is -1.67. The van der Waals surface area contributed by atoms with E-state index < -0.39 is 30.1 Å². The van der Waals surface area contributed by atoms with E-state index in [-0.39, 0.29) is 11.7 Å². The Morgan fingerprint density at radius 2 is 1.22 bits per heavy atom. The van der Waals surface area contributed by atoms with E-state index in [2.05, 4.69) is 0 Å². The molecule has 0 aromatic heterocycles. The molecular formula is C22H22O5. The molecule has 1 aliphatic carbocycles. The Kier molecular flexibility index (Phi) is 5.69. The van der Waals surface area contributed by atoms with Gasteiger partial charge in [0.05, 0.1) is 17.0 Å². The second kappa shape index (κ2) is 8.16. The molecule has 0 saturated heterocycles. The molecule has 0 bridgehead atoms. The predicted molar refractivity (Wildman–Crippen MR) is 99.2 cm³/mol. The molecule has 1 saturated carbocycles. The van der Waals surface area contributed by atoms with Crippen molar-refractivity contribution in [1.29, 1.82) is 0 Å². The average Bonchev–Trinajstić information content (AvgIpc) is 2.99. The van der Waals surface area contributed by atoms with Crippen LogP contribution in [0.15, 0.2) is 60.7 Å². The van der Waals surface area contributed by atoms with Crippen molar-refractivity contribution in [2.24, 2.45) is 11.8 Å². The van der Waals surface area contributed by atoms with Gasteiger partial charge in [0.25, 0.3) is 0 Å². The van der Waals surface area contributed by atoms with E-state index in [9.17, 15) is 14.4 Å². The summed E-state index contributed by atoms with van der Waals surface area (Å²) in [4.78, 5) is 37.1. The first-order valence-electron chi connectivity index (χ1n) is 9.00. The lowest BCUT2D eigenvalue weighted by atomic mass is 10.0. The molecule has 1 aliphatic rings. The van der Waals surface area contributed by atoms with Gasteiger partial charge in [-0.25, -0.2) is 9.59 Å². The summed E-state index contributed by atoms with van der Waals surface area (Å²) in [6.07, 6.45) is -0.952. The van der Waals surface area contributed by atoms with Gasteiger partial charge >= 0.3 is 11.9 Å². The van der Waals surface area contributed by atoms with Crippen LogP contribution in [0.3, 0.4) is 0 Å². The summed E-state index contributed by atoms with van der Waals surface area (Å²) in [5, 5.41) is 0. The Morgan fingerprint density at radius 1 is 0.778 bits per heavy atom. The highest BCUT2D eigenvalue weighted by molar-refractivity contribution is 5.91. The molecule has 5 heteroatoms. The van der Waals surface area contributed by atoms with Crippen LogP contribution in [0.1, 0.15) is 41.0 Å². The maximum Gasteiger partial charge on any atom is 0.338 e. The van der Waals surface area contributed by atoms with Crippen LogP contribution in [0.5, 0.6) is 0 Å². The minimum Gasteiger partial charge on any atom is -0.455 e. The predicted octanol–water partition coefficient (Wildman–Crippen LogP) is 3.68. The Balaban J connectivity index is 1.80. The molecule has 0 heterocycles. The van der Waals surface area contributed by atoms with Crippen molar-refractivity contribution < 1.29 is 23.9 Å². The van der Waals surface area contributed by atoms with Gasteiger partial charge in [-0.1, -0.05) is 43.3 Å². The van der Waals surface area contributed by atoms with Crippen molar-refractivity contribution in [3.8, 4) is 0 Å². The number of carbonyl (C=O) groups excluding carboxylic acids is 3. The van der Waals surface area contributed by atoms with Gasteiger partial charge in [0.2, 0.25) is 0 Å². The Hall–Kier alpha value is -2.95. The van der Waals surface area contributed by atoms with E-state index in [0.29, 0.717) is 17.5 Å². The van der Waals surface area contributed by atoms with E-state index in [4.69, 9.17) is 9.47 Å². The SMILES string of the molecule is CC(=O)[C@H]1C[C@@H](C)[C@H](OC(=O)c2ccccc2)[C@@H]1OC(=O)c1ccccc1. The maximum atomic E-state index is 12.5. The molecular weight excluding hydrogens is 344 g/mol. The van der Waals surface area contributed by atoms with E-state index >= 15 is 0 Å². The van der Waals surface area contributed by atoms with Crippen LogP contribution in [-0.4, -0.2) is 29.9 Å². The number of ketones is 1. The van der Waals surface area contributed by atoms with E-state index in [1.807, 2.05) is 13.0 Å². The summed E-state index contributed by atoms with van der Waals surface area (Å²) >= 11 is 0. The highest BCUT2D eigenvalue weighted by atomic mass is 16.6. The number of hydrogen-bond donors (Lipinski definition) is 0. The first-order valence-corrected chi connectivity index (χ1v) is 9.00. The van der Waals surface area contributed by atoms with Crippen LogP contribution >= 0.6 is 0 Å². The van der Waals surface area contributed by atoms with Gasteiger partial charge in [0.1, 0.15) is 18.0 Å². The van der Waals surface area contributed by atoms with Crippen LogP contribution in [0.2, 0.25) is 0 Å².